The number of halogens is 2. The van der Waals surface area contributed by atoms with E-state index in [1.54, 1.807) is 34.1 Å². The summed E-state index contributed by atoms with van der Waals surface area (Å²) in [6.07, 6.45) is -2.55. The Balaban J connectivity index is 1.55. The maximum atomic E-state index is 14.1. The first-order valence-electron chi connectivity index (χ1n) is 11.2. The third-order valence-electron chi connectivity index (χ3n) is 5.93. The third kappa shape index (κ3) is 5.03. The lowest BCUT2D eigenvalue weighted by Crippen LogP contribution is -2.14. The summed E-state index contributed by atoms with van der Waals surface area (Å²) in [5.74, 6) is 1.73. The highest BCUT2D eigenvalue weighted by molar-refractivity contribution is 5.95. The Kier molecular flexibility index (Phi) is 6.86. The fourth-order valence-corrected chi connectivity index (χ4v) is 4.16. The summed E-state index contributed by atoms with van der Waals surface area (Å²) in [5, 5.41) is 4.66. The Hall–Kier alpha value is -3.75. The van der Waals surface area contributed by atoms with Gasteiger partial charge in [-0.25, -0.2) is 13.5 Å². The molecule has 0 aliphatic heterocycles. The van der Waals surface area contributed by atoms with E-state index in [0.29, 0.717) is 22.8 Å². The van der Waals surface area contributed by atoms with Crippen molar-refractivity contribution in [3.05, 3.63) is 59.0 Å². The minimum Gasteiger partial charge on any atom is -0.497 e. The number of fused-ring (bicyclic) bond motifs is 1. The van der Waals surface area contributed by atoms with Crippen LogP contribution in [-0.4, -0.2) is 34.3 Å². The summed E-state index contributed by atoms with van der Waals surface area (Å²) < 4.78 is 45.9. The van der Waals surface area contributed by atoms with Crippen molar-refractivity contribution in [2.45, 2.75) is 39.5 Å². The van der Waals surface area contributed by atoms with Gasteiger partial charge in [-0.1, -0.05) is 19.1 Å². The maximum Gasteiger partial charge on any atom is 0.264 e. The van der Waals surface area contributed by atoms with Crippen molar-refractivity contribution in [2.75, 3.05) is 13.7 Å². The quantitative estimate of drug-likeness (QED) is 0.293. The number of hydrogen-bond acceptors (Lipinski definition) is 6. The van der Waals surface area contributed by atoms with Crippen LogP contribution in [0.2, 0.25) is 0 Å². The average molecular weight is 484 g/mol. The predicted molar refractivity (Wildman–Crippen MR) is 127 cm³/mol. The van der Waals surface area contributed by atoms with Crippen molar-refractivity contribution in [1.29, 1.82) is 0 Å². The standard InChI is InChI=1S/C26H27F2N3O4/c1-14(17-6-8-19(33-5)9-7-17)10-18(32)13-34-22-12-21(25(27)28)23-24(30-31(4)26(23)29-22)20-11-15(2)35-16(20)3/h6-9,11-12,14,25H,10,13H2,1-5H3/t14-/m1/s1. The Bertz CT molecular complexity index is 1360. The summed E-state index contributed by atoms with van der Waals surface area (Å²) in [6.45, 7) is 5.21. The molecule has 0 unspecified atom stereocenters. The van der Waals surface area contributed by atoms with Gasteiger partial charge >= 0.3 is 0 Å². The lowest BCUT2D eigenvalue weighted by atomic mass is 9.96. The Morgan fingerprint density at radius 1 is 1.17 bits per heavy atom. The average Bonchev–Trinajstić information content (AvgIpc) is 3.34. The van der Waals surface area contributed by atoms with Gasteiger partial charge in [0.25, 0.3) is 6.43 Å². The van der Waals surface area contributed by atoms with E-state index >= 15 is 0 Å². The molecule has 1 aromatic carbocycles. The molecule has 0 aliphatic rings. The topological polar surface area (TPSA) is 79.4 Å². The highest BCUT2D eigenvalue weighted by Crippen LogP contribution is 2.38. The molecular formula is C26H27F2N3O4. The summed E-state index contributed by atoms with van der Waals surface area (Å²) in [6, 6.07) is 10.4. The number of aryl methyl sites for hydroxylation is 3. The van der Waals surface area contributed by atoms with Crippen molar-refractivity contribution >= 4 is 16.8 Å². The van der Waals surface area contributed by atoms with E-state index in [0.717, 1.165) is 11.3 Å². The number of benzene rings is 1. The van der Waals surface area contributed by atoms with Crippen LogP contribution in [0, 0.1) is 13.8 Å². The molecule has 0 fully saturated rings. The van der Waals surface area contributed by atoms with Crippen molar-refractivity contribution in [2.24, 2.45) is 7.05 Å². The molecule has 3 heterocycles. The number of carbonyl (C=O) groups excluding carboxylic acids is 1. The van der Waals surface area contributed by atoms with E-state index in [2.05, 4.69) is 10.1 Å². The van der Waals surface area contributed by atoms with E-state index in [1.807, 2.05) is 31.2 Å². The summed E-state index contributed by atoms with van der Waals surface area (Å²) in [4.78, 5) is 16.9. The lowest BCUT2D eigenvalue weighted by molar-refractivity contribution is -0.121. The van der Waals surface area contributed by atoms with Crippen LogP contribution in [0.3, 0.4) is 0 Å². The minimum atomic E-state index is -2.79. The van der Waals surface area contributed by atoms with E-state index in [1.165, 1.54) is 10.7 Å². The smallest absolute Gasteiger partial charge is 0.264 e. The van der Waals surface area contributed by atoms with E-state index in [4.69, 9.17) is 13.9 Å². The van der Waals surface area contributed by atoms with Crippen molar-refractivity contribution < 1.29 is 27.5 Å². The van der Waals surface area contributed by atoms with Gasteiger partial charge < -0.3 is 13.9 Å². The van der Waals surface area contributed by atoms with Crippen LogP contribution in [-0.2, 0) is 11.8 Å². The van der Waals surface area contributed by atoms with Gasteiger partial charge in [0.15, 0.2) is 11.4 Å². The molecule has 1 atom stereocenters. The molecule has 4 aromatic rings. The second-order valence-corrected chi connectivity index (χ2v) is 8.55. The van der Waals surface area contributed by atoms with Crippen molar-refractivity contribution in [3.63, 3.8) is 0 Å². The maximum absolute atomic E-state index is 14.1. The van der Waals surface area contributed by atoms with Crippen LogP contribution in [0.4, 0.5) is 8.78 Å². The molecule has 7 nitrogen and oxygen atoms in total. The van der Waals surface area contributed by atoms with Gasteiger partial charge in [0.1, 0.15) is 29.6 Å². The first kappa shape index (κ1) is 24.4. The zero-order valence-electron chi connectivity index (χ0n) is 20.3. The zero-order valence-corrected chi connectivity index (χ0v) is 20.3. The molecule has 184 valence electrons. The first-order chi connectivity index (χ1) is 16.7. The second-order valence-electron chi connectivity index (χ2n) is 8.55. The molecule has 0 bridgehead atoms. The highest BCUT2D eigenvalue weighted by atomic mass is 19.3. The SMILES string of the molecule is COc1ccc([C@H](C)CC(=O)COc2cc(C(F)F)c3c(-c4cc(C)oc4C)nn(C)c3n2)cc1. The van der Waals surface area contributed by atoms with Gasteiger partial charge in [0, 0.05) is 30.7 Å². The van der Waals surface area contributed by atoms with Gasteiger partial charge in [-0.3, -0.25) is 4.79 Å². The fraction of sp³-hybridized carbons (Fsp3) is 0.346. The van der Waals surface area contributed by atoms with Gasteiger partial charge in [-0.2, -0.15) is 10.1 Å². The van der Waals surface area contributed by atoms with E-state index < -0.39 is 6.43 Å². The van der Waals surface area contributed by atoms with E-state index in [-0.39, 0.29) is 47.2 Å². The van der Waals surface area contributed by atoms with Crippen LogP contribution in [0.15, 0.2) is 40.8 Å². The van der Waals surface area contributed by atoms with Crippen LogP contribution >= 0.6 is 0 Å². The summed E-state index contributed by atoms with van der Waals surface area (Å²) in [7, 11) is 3.22. The third-order valence-corrected chi connectivity index (χ3v) is 5.93. The number of ether oxygens (including phenoxy) is 2. The van der Waals surface area contributed by atoms with Crippen LogP contribution < -0.4 is 9.47 Å². The van der Waals surface area contributed by atoms with Crippen molar-refractivity contribution in [3.8, 4) is 22.9 Å². The number of furan rings is 1. The monoisotopic (exact) mass is 483 g/mol. The molecule has 0 aliphatic carbocycles. The number of alkyl halides is 2. The summed E-state index contributed by atoms with van der Waals surface area (Å²) >= 11 is 0. The van der Waals surface area contributed by atoms with Gasteiger partial charge in [0.2, 0.25) is 5.88 Å². The van der Waals surface area contributed by atoms with Crippen LogP contribution in [0.25, 0.3) is 22.3 Å². The minimum absolute atomic E-state index is 0.0367. The number of ketones is 1. The Labute approximate surface area is 201 Å². The van der Waals surface area contributed by atoms with Gasteiger partial charge in [-0.15, -0.1) is 0 Å². The molecule has 0 spiro atoms. The highest BCUT2D eigenvalue weighted by Gasteiger charge is 2.25. The number of carbonyl (C=O) groups is 1. The Morgan fingerprint density at radius 3 is 2.49 bits per heavy atom. The number of aromatic nitrogens is 3. The fourth-order valence-electron chi connectivity index (χ4n) is 4.16. The molecule has 9 heteroatoms. The molecule has 0 amide bonds. The molecule has 0 saturated heterocycles. The number of Topliss-reactive ketones (excluding diaryl/α,β-unsaturated/α-hetero) is 1. The second kappa shape index (κ2) is 9.85. The molecular weight excluding hydrogens is 456 g/mol. The lowest BCUT2D eigenvalue weighted by Gasteiger charge is -2.13. The van der Waals surface area contributed by atoms with Crippen LogP contribution in [0.5, 0.6) is 11.6 Å². The molecule has 0 N–H and O–H groups in total. The number of pyridine rings is 1. The van der Waals surface area contributed by atoms with E-state index in [9.17, 15) is 13.6 Å². The largest absolute Gasteiger partial charge is 0.497 e. The van der Waals surface area contributed by atoms with Gasteiger partial charge in [-0.05, 0) is 43.5 Å². The molecule has 0 saturated carbocycles. The first-order valence-corrected chi connectivity index (χ1v) is 11.2. The van der Waals surface area contributed by atoms with Crippen LogP contribution in [0.1, 0.15) is 48.3 Å². The molecule has 4 rings (SSSR count). The Morgan fingerprint density at radius 2 is 1.89 bits per heavy atom. The number of hydrogen-bond donors (Lipinski definition) is 0. The number of nitrogens with zero attached hydrogens (tertiary/aromatic N) is 3. The zero-order chi connectivity index (χ0) is 25.3. The summed E-state index contributed by atoms with van der Waals surface area (Å²) in [5.41, 5.74) is 1.98. The molecule has 35 heavy (non-hydrogen) atoms. The molecule has 0 radical (unpaired) electrons. The van der Waals surface area contributed by atoms with Crippen molar-refractivity contribution in [1.82, 2.24) is 14.8 Å². The van der Waals surface area contributed by atoms with Gasteiger partial charge in [0.05, 0.1) is 12.5 Å². The molecule has 3 aromatic heterocycles. The normalized spacial score (nSPS) is 12.3. The predicted octanol–water partition coefficient (Wildman–Crippen LogP) is 5.93. The number of methoxy groups -OCH3 is 1. The number of rotatable bonds is 9.